The van der Waals surface area contributed by atoms with Crippen LogP contribution in [-0.2, 0) is 14.6 Å². The maximum absolute atomic E-state index is 11.5. The molecule has 0 aliphatic carbocycles. The molecule has 7 heteroatoms. The van der Waals surface area contributed by atoms with Crippen molar-refractivity contribution in [1.82, 2.24) is 0 Å². The van der Waals surface area contributed by atoms with Crippen LogP contribution in [0.3, 0.4) is 0 Å². The normalized spacial score (nSPS) is 23.9. The van der Waals surface area contributed by atoms with Crippen LogP contribution in [-0.4, -0.2) is 51.7 Å². The Labute approximate surface area is 119 Å². The van der Waals surface area contributed by atoms with Gasteiger partial charge in [-0.3, -0.25) is 0 Å². The lowest BCUT2D eigenvalue weighted by molar-refractivity contribution is -0.0102. The fraction of sp³-hybridized carbons (Fsp3) is 0.538. The molecular weight excluding hydrogens is 280 g/mol. The molecule has 0 radical (unpaired) electrons. The first kappa shape index (κ1) is 15.1. The summed E-state index contributed by atoms with van der Waals surface area (Å²) in [5, 5.41) is 9.20. The molecule has 3 N–H and O–H groups in total. The molecule has 1 fully saturated rings. The van der Waals surface area contributed by atoms with Crippen LogP contribution in [0.25, 0.3) is 0 Å². The highest BCUT2D eigenvalue weighted by molar-refractivity contribution is 7.90. The van der Waals surface area contributed by atoms with E-state index >= 15 is 0 Å². The van der Waals surface area contributed by atoms with Crippen LogP contribution in [0, 0.1) is 0 Å². The molecule has 0 saturated carbocycles. The van der Waals surface area contributed by atoms with E-state index in [4.69, 9.17) is 10.5 Å². The van der Waals surface area contributed by atoms with E-state index in [1.807, 2.05) is 11.8 Å². The third-order valence-electron chi connectivity index (χ3n) is 3.45. The summed E-state index contributed by atoms with van der Waals surface area (Å²) < 4.78 is 28.5. The van der Waals surface area contributed by atoms with Gasteiger partial charge in [-0.1, -0.05) is 0 Å². The zero-order chi connectivity index (χ0) is 14.9. The van der Waals surface area contributed by atoms with Gasteiger partial charge in [-0.25, -0.2) is 8.42 Å². The van der Waals surface area contributed by atoms with Crippen LogP contribution in [0.1, 0.15) is 6.92 Å². The van der Waals surface area contributed by atoms with E-state index in [-0.39, 0.29) is 23.6 Å². The maximum atomic E-state index is 11.5. The quantitative estimate of drug-likeness (QED) is 0.778. The minimum absolute atomic E-state index is 0.0510. The van der Waals surface area contributed by atoms with Crippen molar-refractivity contribution < 1.29 is 18.3 Å². The minimum Gasteiger partial charge on any atom is -0.397 e. The van der Waals surface area contributed by atoms with E-state index < -0.39 is 9.84 Å². The summed E-state index contributed by atoms with van der Waals surface area (Å²) in [7, 11) is -3.26. The van der Waals surface area contributed by atoms with Gasteiger partial charge in [-0.05, 0) is 25.1 Å². The second-order valence-electron chi connectivity index (χ2n) is 5.13. The number of anilines is 2. The van der Waals surface area contributed by atoms with E-state index in [1.54, 1.807) is 12.1 Å². The second-order valence-corrected chi connectivity index (χ2v) is 7.15. The molecule has 2 rings (SSSR count). The standard InChI is InChI=1S/C13H20N2O4S/c1-9-8-19-10(7-16)6-15(9)13-4-3-11(5-12(13)14)20(2,17)18/h3-5,9-10,16H,6-8,14H2,1-2H3. The van der Waals surface area contributed by atoms with Gasteiger partial charge in [-0.2, -0.15) is 0 Å². The predicted octanol–water partition coefficient (Wildman–Crippen LogP) is 0.258. The number of ether oxygens (including phenoxy) is 1. The van der Waals surface area contributed by atoms with Crippen molar-refractivity contribution >= 4 is 21.2 Å². The molecule has 1 aromatic rings. The first-order chi connectivity index (χ1) is 9.32. The highest BCUT2D eigenvalue weighted by Crippen LogP contribution is 2.29. The van der Waals surface area contributed by atoms with E-state index in [9.17, 15) is 13.5 Å². The van der Waals surface area contributed by atoms with Crippen LogP contribution in [0.5, 0.6) is 0 Å². The van der Waals surface area contributed by atoms with Gasteiger partial charge >= 0.3 is 0 Å². The highest BCUT2D eigenvalue weighted by Gasteiger charge is 2.27. The third kappa shape index (κ3) is 3.05. The number of rotatable bonds is 3. The number of aliphatic hydroxyl groups is 1. The van der Waals surface area contributed by atoms with Crippen molar-refractivity contribution in [3.63, 3.8) is 0 Å². The molecular formula is C13H20N2O4S. The minimum atomic E-state index is -3.26. The van der Waals surface area contributed by atoms with Gasteiger partial charge in [0.15, 0.2) is 9.84 Å². The number of hydrogen-bond acceptors (Lipinski definition) is 6. The van der Waals surface area contributed by atoms with Crippen molar-refractivity contribution in [3.8, 4) is 0 Å². The largest absolute Gasteiger partial charge is 0.397 e. The summed E-state index contributed by atoms with van der Waals surface area (Å²) in [5.74, 6) is 0. The summed E-state index contributed by atoms with van der Waals surface area (Å²) in [6, 6.07) is 4.85. The van der Waals surface area contributed by atoms with Gasteiger partial charge in [-0.15, -0.1) is 0 Å². The van der Waals surface area contributed by atoms with Crippen molar-refractivity contribution in [2.45, 2.75) is 24.0 Å². The predicted molar refractivity (Wildman–Crippen MR) is 77.6 cm³/mol. The molecule has 1 heterocycles. The molecule has 0 amide bonds. The number of morpholine rings is 1. The first-order valence-electron chi connectivity index (χ1n) is 6.41. The summed E-state index contributed by atoms with van der Waals surface area (Å²) in [6.07, 6.45) is 0.904. The number of benzene rings is 1. The van der Waals surface area contributed by atoms with Crippen molar-refractivity contribution in [3.05, 3.63) is 18.2 Å². The monoisotopic (exact) mass is 300 g/mol. The summed E-state index contributed by atoms with van der Waals surface area (Å²) in [6.45, 7) is 2.97. The molecule has 0 spiro atoms. The Balaban J connectivity index is 2.32. The zero-order valence-corrected chi connectivity index (χ0v) is 12.4. The molecule has 1 aliphatic rings. The maximum Gasteiger partial charge on any atom is 0.175 e. The highest BCUT2D eigenvalue weighted by atomic mass is 32.2. The first-order valence-corrected chi connectivity index (χ1v) is 8.30. The summed E-state index contributed by atoms with van der Waals surface area (Å²) in [4.78, 5) is 2.24. The molecule has 112 valence electrons. The number of nitrogens with two attached hydrogens (primary N) is 1. The molecule has 20 heavy (non-hydrogen) atoms. The molecule has 0 aromatic heterocycles. The Morgan fingerprint density at radius 1 is 1.50 bits per heavy atom. The van der Waals surface area contributed by atoms with Crippen molar-refractivity contribution in [1.29, 1.82) is 0 Å². The number of nitrogens with zero attached hydrogens (tertiary/aromatic N) is 1. The third-order valence-corrected chi connectivity index (χ3v) is 4.56. The fourth-order valence-corrected chi connectivity index (χ4v) is 2.94. The van der Waals surface area contributed by atoms with E-state index in [2.05, 4.69) is 0 Å². The van der Waals surface area contributed by atoms with E-state index in [0.717, 1.165) is 11.9 Å². The van der Waals surface area contributed by atoms with Gasteiger partial charge in [0, 0.05) is 18.8 Å². The lowest BCUT2D eigenvalue weighted by atomic mass is 10.1. The summed E-state index contributed by atoms with van der Waals surface area (Å²) in [5.41, 5.74) is 7.17. The molecule has 6 nitrogen and oxygen atoms in total. The number of sulfone groups is 1. The molecule has 0 bridgehead atoms. The van der Waals surface area contributed by atoms with Gasteiger partial charge in [0.25, 0.3) is 0 Å². The Morgan fingerprint density at radius 2 is 2.20 bits per heavy atom. The molecule has 1 saturated heterocycles. The SMILES string of the molecule is CC1COC(CO)CN1c1ccc(S(C)(=O)=O)cc1N. The van der Waals surface area contributed by atoms with Crippen molar-refractivity contribution in [2.24, 2.45) is 0 Å². The summed E-state index contributed by atoms with van der Waals surface area (Å²) >= 11 is 0. The smallest absolute Gasteiger partial charge is 0.175 e. The second kappa shape index (κ2) is 5.59. The van der Waals surface area contributed by atoms with Crippen LogP contribution >= 0.6 is 0 Å². The number of nitrogen functional groups attached to an aromatic ring is 1. The lowest BCUT2D eigenvalue weighted by Crippen LogP contribution is -2.49. The molecule has 2 atom stereocenters. The number of hydrogen-bond donors (Lipinski definition) is 2. The molecule has 1 aromatic carbocycles. The van der Waals surface area contributed by atoms with E-state index in [1.165, 1.54) is 6.07 Å². The average Bonchev–Trinajstić information content (AvgIpc) is 2.38. The van der Waals surface area contributed by atoms with Gasteiger partial charge < -0.3 is 20.5 Å². The lowest BCUT2D eigenvalue weighted by Gasteiger charge is -2.39. The Morgan fingerprint density at radius 3 is 2.75 bits per heavy atom. The fourth-order valence-electron chi connectivity index (χ4n) is 2.29. The zero-order valence-electron chi connectivity index (χ0n) is 11.6. The van der Waals surface area contributed by atoms with Crippen LogP contribution < -0.4 is 10.6 Å². The van der Waals surface area contributed by atoms with Gasteiger partial charge in [0.1, 0.15) is 0 Å². The topological polar surface area (TPSA) is 92.9 Å². The van der Waals surface area contributed by atoms with Gasteiger partial charge in [0.2, 0.25) is 0 Å². The Hall–Kier alpha value is -1.31. The van der Waals surface area contributed by atoms with Crippen molar-refractivity contribution in [2.75, 3.05) is 36.6 Å². The van der Waals surface area contributed by atoms with Crippen LogP contribution in [0.4, 0.5) is 11.4 Å². The van der Waals surface area contributed by atoms with E-state index in [0.29, 0.717) is 18.8 Å². The average molecular weight is 300 g/mol. The number of aliphatic hydroxyl groups excluding tert-OH is 1. The Bertz CT molecular complexity index is 588. The molecule has 2 unspecified atom stereocenters. The van der Waals surface area contributed by atoms with Crippen LogP contribution in [0.2, 0.25) is 0 Å². The Kier molecular flexibility index (Phi) is 4.22. The van der Waals surface area contributed by atoms with Crippen LogP contribution in [0.15, 0.2) is 23.1 Å². The van der Waals surface area contributed by atoms with Gasteiger partial charge in [0.05, 0.1) is 35.6 Å². The molecule has 1 aliphatic heterocycles.